The number of aliphatic hydroxyl groups excluding tert-OH is 1. The summed E-state index contributed by atoms with van der Waals surface area (Å²) in [7, 11) is -3.90. The lowest BCUT2D eigenvalue weighted by atomic mass is 9.84. The molecular weight excluding hydrogens is 737 g/mol. The number of sulfonamides is 1. The van der Waals surface area contributed by atoms with Crippen LogP contribution in [0.15, 0.2) is 95.9 Å². The fourth-order valence-electron chi connectivity index (χ4n) is 5.85. The molecule has 0 spiro atoms. The number of amides is 2. The zero-order chi connectivity index (χ0) is 39.3. The van der Waals surface area contributed by atoms with Crippen molar-refractivity contribution < 1.29 is 45.4 Å². The Hall–Kier alpha value is -4.35. The number of hydrogen-bond donors (Lipinski definition) is 3. The smallest absolute Gasteiger partial charge is 0.417 e. The van der Waals surface area contributed by atoms with Crippen molar-refractivity contribution >= 4 is 39.0 Å². The van der Waals surface area contributed by atoms with E-state index in [1.165, 1.54) is 6.07 Å². The van der Waals surface area contributed by atoms with Crippen molar-refractivity contribution in [3.8, 4) is 0 Å². The van der Waals surface area contributed by atoms with E-state index in [9.17, 15) is 23.1 Å². The van der Waals surface area contributed by atoms with Crippen molar-refractivity contribution in [2.24, 2.45) is 11.1 Å². The first kappa shape index (κ1) is 41.4. The summed E-state index contributed by atoms with van der Waals surface area (Å²) < 4.78 is 94.1. The molecule has 5 N–H and O–H groups in total. The van der Waals surface area contributed by atoms with Gasteiger partial charge < -0.3 is 21.3 Å². The van der Waals surface area contributed by atoms with Gasteiger partial charge in [0, 0.05) is 27.9 Å². The van der Waals surface area contributed by atoms with Crippen molar-refractivity contribution in [1.29, 1.82) is 0 Å². The highest BCUT2D eigenvalue weighted by molar-refractivity contribution is 7.89. The Balaban J connectivity index is 1.82. The van der Waals surface area contributed by atoms with Crippen molar-refractivity contribution in [2.45, 2.75) is 62.3 Å². The first-order chi connectivity index (χ1) is 24.8. The van der Waals surface area contributed by atoms with Gasteiger partial charge in [-0.1, -0.05) is 81.4 Å². The molecule has 0 unspecified atom stereocenters. The van der Waals surface area contributed by atoms with Gasteiger partial charge in [0.25, 0.3) is 5.91 Å². The average molecular weight is 779 g/mol. The third-order valence-corrected chi connectivity index (χ3v) is 11.7. The first-order valence-corrected chi connectivity index (χ1v) is 18.7. The predicted molar refractivity (Wildman–Crippen MR) is 194 cm³/mol. The van der Waals surface area contributed by atoms with Crippen LogP contribution in [-0.4, -0.2) is 67.2 Å². The molecule has 1 aromatic heterocycles. The van der Waals surface area contributed by atoms with E-state index in [4.69, 9.17) is 16.2 Å². The molecule has 4 rings (SSSR count). The fraction of sp³-hybridized carbons (Fsp3) is 0.351. The summed E-state index contributed by atoms with van der Waals surface area (Å²) in [5, 5.41) is 10.6. The molecule has 0 radical (unpaired) electrons. The Morgan fingerprint density at radius 2 is 1.45 bits per heavy atom. The minimum absolute atomic E-state index is 0.0363. The number of imide groups is 1. The maximum atomic E-state index is 15.2. The van der Waals surface area contributed by atoms with E-state index in [0.29, 0.717) is 22.5 Å². The van der Waals surface area contributed by atoms with Gasteiger partial charge >= 0.3 is 12.3 Å². The number of nitrogens with zero attached hydrogens (tertiary/aromatic N) is 2. The monoisotopic (exact) mass is 778 g/mol. The number of nitrogen functional groups attached to an aromatic ring is 1. The van der Waals surface area contributed by atoms with Gasteiger partial charge in [-0.15, -0.1) is 11.3 Å². The number of ether oxygens (including phenoxy) is 1. The van der Waals surface area contributed by atoms with Crippen LogP contribution < -0.4 is 11.5 Å². The first-order valence-electron chi connectivity index (χ1n) is 16.4. The van der Waals surface area contributed by atoms with Crippen LogP contribution in [-0.2, 0) is 19.6 Å². The number of methoxy groups -OCH3 is 1. The number of nitrogens with two attached hydrogens (primary N) is 2. The van der Waals surface area contributed by atoms with Crippen molar-refractivity contribution in [3.05, 3.63) is 118 Å². The van der Waals surface area contributed by atoms with Gasteiger partial charge in [0.1, 0.15) is 10.7 Å². The Bertz CT molecular complexity index is 1930. The normalized spacial score (nSPS) is 14.2. The molecule has 2 amide bonds. The number of aliphatic hydroxyl groups is 1. The molecule has 10 nitrogen and oxygen atoms in total. The summed E-state index contributed by atoms with van der Waals surface area (Å²) in [6.45, 7) is 4.33. The molecule has 3 aromatic carbocycles. The largest absolute Gasteiger partial charge is 0.452 e. The van der Waals surface area contributed by atoms with Gasteiger partial charge in [0.2, 0.25) is 10.0 Å². The third-order valence-electron chi connectivity index (χ3n) is 8.53. The van der Waals surface area contributed by atoms with Crippen molar-refractivity contribution in [3.63, 3.8) is 0 Å². The lowest BCUT2D eigenvalue weighted by molar-refractivity contribution is -0.186. The molecule has 0 saturated heterocycles. The fourth-order valence-corrected chi connectivity index (χ4v) is 8.79. The molecule has 0 aliphatic carbocycles. The van der Waals surface area contributed by atoms with E-state index >= 15 is 17.6 Å². The second-order valence-electron chi connectivity index (χ2n) is 13.5. The zero-order valence-corrected chi connectivity index (χ0v) is 31.1. The lowest BCUT2D eigenvalue weighted by Gasteiger charge is -2.34. The molecule has 53 heavy (non-hydrogen) atoms. The van der Waals surface area contributed by atoms with Crippen LogP contribution in [0.5, 0.6) is 0 Å². The molecule has 0 fully saturated rings. The second kappa shape index (κ2) is 16.8. The number of alkyl halides is 3. The Kier molecular flexibility index (Phi) is 13.1. The number of thiophene rings is 1. The highest BCUT2D eigenvalue weighted by Crippen LogP contribution is 2.44. The predicted octanol–water partition coefficient (Wildman–Crippen LogP) is 6.99. The summed E-state index contributed by atoms with van der Waals surface area (Å²) >= 11 is 0.424. The molecule has 1 heterocycles. The van der Waals surface area contributed by atoms with Gasteiger partial charge in [-0.2, -0.15) is 17.5 Å². The van der Waals surface area contributed by atoms with Crippen molar-refractivity contribution in [1.82, 2.24) is 9.21 Å². The highest BCUT2D eigenvalue weighted by Gasteiger charge is 2.52. The number of rotatable bonds is 13. The molecule has 16 heteroatoms. The number of carbonyl (C=O) groups excluding carboxylic acids is 2. The Labute approximate surface area is 310 Å². The third kappa shape index (κ3) is 9.61. The van der Waals surface area contributed by atoms with Gasteiger partial charge in [0.05, 0.1) is 25.8 Å². The number of hydrogen-bond acceptors (Lipinski definition) is 9. The van der Waals surface area contributed by atoms with Crippen LogP contribution in [0.1, 0.15) is 66.1 Å². The van der Waals surface area contributed by atoms with Crippen LogP contribution in [0.4, 0.5) is 28.0 Å². The second-order valence-corrected chi connectivity index (χ2v) is 16.5. The molecule has 0 saturated carbocycles. The molecule has 0 aliphatic heterocycles. The highest BCUT2D eigenvalue weighted by atomic mass is 32.2. The van der Waals surface area contributed by atoms with E-state index in [0.717, 1.165) is 35.7 Å². The van der Waals surface area contributed by atoms with Crippen LogP contribution in [0.25, 0.3) is 0 Å². The van der Waals surface area contributed by atoms with Gasteiger partial charge in [-0.3, -0.25) is 4.79 Å². The van der Waals surface area contributed by atoms with Crippen LogP contribution in [0.3, 0.4) is 0 Å². The lowest BCUT2D eigenvalue weighted by Crippen LogP contribution is -2.53. The number of carbonyl (C=O) groups is 2. The molecule has 3 atom stereocenters. The number of halogens is 4. The maximum absolute atomic E-state index is 15.2. The minimum atomic E-state index is -5.28. The quantitative estimate of drug-likeness (QED) is 0.0970. The SMILES string of the molecule is COC(=O)N(C(=O)[C@@H](N)C(c1ccccc1)c1ccccc1)[C@H](c1ccc([C@@H](CO)N(CCC(C)(C)C)S(=O)(=O)c2ccc(N)cc2F)s1)C(F)(F)F. The van der Waals surface area contributed by atoms with E-state index in [1.54, 1.807) is 60.7 Å². The van der Waals surface area contributed by atoms with E-state index in [1.807, 2.05) is 20.8 Å². The topological polar surface area (TPSA) is 156 Å². The Morgan fingerprint density at radius 3 is 1.92 bits per heavy atom. The summed E-state index contributed by atoms with van der Waals surface area (Å²) in [5.74, 6) is -3.52. The summed E-state index contributed by atoms with van der Waals surface area (Å²) in [6.07, 6.45) is -6.69. The molecule has 286 valence electrons. The summed E-state index contributed by atoms with van der Waals surface area (Å²) in [4.78, 5) is 25.9. The molecule has 0 bridgehead atoms. The molecule has 4 aromatic rings. The average Bonchev–Trinajstić information content (AvgIpc) is 3.57. The standard InChI is InChI=1S/C37H42F4N4O6S2/c1-36(2,3)19-20-44(53(49,50)30-18-15-25(42)21-26(30)38)27(22-46)28-16-17-29(52-28)33(37(39,40)41)45(35(48)51-4)34(47)32(43)31(23-11-7-5-8-12-23)24-13-9-6-10-14-24/h5-18,21,27,31-33,46H,19-20,22,42-43H2,1-4H3/t27-,32+,33-/m1/s1. The van der Waals surface area contributed by atoms with Crippen LogP contribution in [0, 0.1) is 11.2 Å². The molecular formula is C37H42F4N4O6S2. The zero-order valence-electron chi connectivity index (χ0n) is 29.5. The van der Waals surface area contributed by atoms with Crippen molar-refractivity contribution in [2.75, 3.05) is 26.0 Å². The van der Waals surface area contributed by atoms with E-state index in [-0.39, 0.29) is 28.4 Å². The van der Waals surface area contributed by atoms with Gasteiger partial charge in [-0.05, 0) is 53.3 Å². The van der Waals surface area contributed by atoms with Gasteiger partial charge in [-0.25, -0.2) is 22.5 Å². The van der Waals surface area contributed by atoms with Crippen LogP contribution in [0.2, 0.25) is 0 Å². The number of anilines is 1. The summed E-state index contributed by atoms with van der Waals surface area (Å²) in [5.41, 5.74) is 12.6. The minimum Gasteiger partial charge on any atom is -0.452 e. The maximum Gasteiger partial charge on any atom is 0.417 e. The van der Waals surface area contributed by atoms with E-state index < -0.39 is 79.9 Å². The molecule has 0 aliphatic rings. The van der Waals surface area contributed by atoms with Crippen LogP contribution >= 0.6 is 11.3 Å². The number of benzene rings is 3. The van der Waals surface area contributed by atoms with Gasteiger partial charge in [0.15, 0.2) is 6.04 Å². The summed E-state index contributed by atoms with van der Waals surface area (Å²) in [6, 6.07) is 15.8. The van der Waals surface area contributed by atoms with E-state index in [2.05, 4.69) is 0 Å². The Morgan fingerprint density at radius 1 is 0.906 bits per heavy atom.